The van der Waals surface area contributed by atoms with Crippen molar-refractivity contribution < 1.29 is 13.6 Å². The van der Waals surface area contributed by atoms with Gasteiger partial charge < -0.3 is 0 Å². The molecular weight excluding hydrogens is 343 g/mol. The lowest BCUT2D eigenvalue weighted by molar-refractivity contribution is 0.195. The summed E-state index contributed by atoms with van der Waals surface area (Å²) in [7, 11) is -2.10. The average molecular weight is 377 g/mol. The van der Waals surface area contributed by atoms with Crippen LogP contribution in [0.2, 0.25) is 0 Å². The molecule has 0 aromatic carbocycles. The van der Waals surface area contributed by atoms with Gasteiger partial charge in [-0.3, -0.25) is 0 Å². The van der Waals surface area contributed by atoms with Crippen molar-refractivity contribution in [2.45, 2.75) is 66.2 Å². The number of unbranched alkanes of at least 4 members (excludes halogenated alkanes) is 2. The van der Waals surface area contributed by atoms with Crippen LogP contribution >= 0.6 is 8.25 Å². The van der Waals surface area contributed by atoms with E-state index in [2.05, 4.69) is 64.5 Å². The SMILES string of the molecule is C=CCCC#CC(C)(C)CCO[P+](=O)OCCC(C)(C)C#CCCC=C. The minimum absolute atomic E-state index is 0.166. The number of hydrogen-bond acceptors (Lipinski definition) is 3. The highest BCUT2D eigenvalue weighted by Crippen LogP contribution is 2.29. The normalized spacial score (nSPS) is 10.9. The van der Waals surface area contributed by atoms with E-state index in [0.29, 0.717) is 26.1 Å². The lowest BCUT2D eigenvalue weighted by Crippen LogP contribution is -2.12. The Kier molecular flexibility index (Phi) is 13.0. The third-order valence-corrected chi connectivity index (χ3v) is 4.43. The van der Waals surface area contributed by atoms with Gasteiger partial charge in [0, 0.05) is 28.2 Å². The molecule has 0 aliphatic heterocycles. The second-order valence-corrected chi connectivity index (χ2v) is 8.38. The molecule has 0 N–H and O–H groups in total. The maximum absolute atomic E-state index is 11.8. The van der Waals surface area contributed by atoms with E-state index < -0.39 is 8.25 Å². The summed E-state index contributed by atoms with van der Waals surface area (Å²) in [5.41, 5.74) is -0.333. The monoisotopic (exact) mass is 377 g/mol. The van der Waals surface area contributed by atoms with Crippen molar-refractivity contribution in [2.75, 3.05) is 13.2 Å². The fraction of sp³-hybridized carbons (Fsp3) is 0.636. The summed E-state index contributed by atoms with van der Waals surface area (Å²) in [4.78, 5) is 0. The molecule has 0 saturated heterocycles. The van der Waals surface area contributed by atoms with Crippen LogP contribution in [0, 0.1) is 34.5 Å². The summed E-state index contributed by atoms with van der Waals surface area (Å²) >= 11 is 0. The second-order valence-electron chi connectivity index (χ2n) is 7.42. The molecule has 0 aliphatic carbocycles. The number of rotatable bonds is 12. The van der Waals surface area contributed by atoms with Crippen LogP contribution in [0.15, 0.2) is 25.3 Å². The molecule has 0 spiro atoms. The predicted octanol–water partition coefficient (Wildman–Crippen LogP) is 6.45. The Morgan fingerprint density at radius 1 is 0.846 bits per heavy atom. The van der Waals surface area contributed by atoms with E-state index >= 15 is 0 Å². The zero-order chi connectivity index (χ0) is 19.9. The molecule has 0 saturated carbocycles. The van der Waals surface area contributed by atoms with Gasteiger partial charge >= 0.3 is 8.25 Å². The van der Waals surface area contributed by atoms with Crippen LogP contribution in [0.1, 0.15) is 66.2 Å². The smallest absolute Gasteiger partial charge is 0.119 e. The molecule has 3 nitrogen and oxygen atoms in total. The summed E-state index contributed by atoms with van der Waals surface area (Å²) in [5.74, 6) is 12.7. The van der Waals surface area contributed by atoms with Crippen LogP contribution in [0.3, 0.4) is 0 Å². The number of allylic oxidation sites excluding steroid dienone is 2. The molecule has 0 aromatic heterocycles. The van der Waals surface area contributed by atoms with Gasteiger partial charge in [-0.25, -0.2) is 0 Å². The van der Waals surface area contributed by atoms with Crippen LogP contribution in [-0.4, -0.2) is 13.2 Å². The van der Waals surface area contributed by atoms with E-state index in [0.717, 1.165) is 25.7 Å². The topological polar surface area (TPSA) is 35.5 Å². The highest BCUT2D eigenvalue weighted by Gasteiger charge is 2.25. The second kappa shape index (κ2) is 13.8. The minimum atomic E-state index is -2.10. The first-order chi connectivity index (χ1) is 12.2. The summed E-state index contributed by atoms with van der Waals surface area (Å²) < 4.78 is 22.4. The first kappa shape index (κ1) is 24.6. The van der Waals surface area contributed by atoms with Crippen molar-refractivity contribution in [3.63, 3.8) is 0 Å². The number of hydrogen-bond donors (Lipinski definition) is 0. The Morgan fingerprint density at radius 3 is 1.58 bits per heavy atom. The van der Waals surface area contributed by atoms with Crippen molar-refractivity contribution in [3.05, 3.63) is 25.3 Å². The molecule has 0 atom stereocenters. The molecule has 0 aromatic rings. The maximum atomic E-state index is 11.8. The van der Waals surface area contributed by atoms with Crippen molar-refractivity contribution in [2.24, 2.45) is 10.8 Å². The molecule has 0 amide bonds. The molecule has 0 unspecified atom stereocenters. The molecule has 0 bridgehead atoms. The molecule has 0 fully saturated rings. The summed E-state index contributed by atoms with van der Waals surface area (Å²) in [6.45, 7) is 16.3. The predicted molar refractivity (Wildman–Crippen MR) is 111 cm³/mol. The molecule has 0 heterocycles. The average Bonchev–Trinajstić information content (AvgIpc) is 2.55. The first-order valence-electron chi connectivity index (χ1n) is 9.17. The third-order valence-electron chi connectivity index (χ3n) is 3.65. The van der Waals surface area contributed by atoms with Crippen molar-refractivity contribution >= 4 is 8.25 Å². The summed E-state index contributed by atoms with van der Waals surface area (Å²) in [5, 5.41) is 0. The van der Waals surface area contributed by atoms with Crippen molar-refractivity contribution in [1.29, 1.82) is 0 Å². The molecular formula is C22H34O3P+. The van der Waals surface area contributed by atoms with Crippen LogP contribution < -0.4 is 0 Å². The molecule has 0 aliphatic rings. The van der Waals surface area contributed by atoms with Gasteiger partial charge in [0.1, 0.15) is 13.2 Å². The van der Waals surface area contributed by atoms with E-state index in [1.165, 1.54) is 0 Å². The van der Waals surface area contributed by atoms with Crippen LogP contribution in [0.5, 0.6) is 0 Å². The van der Waals surface area contributed by atoms with Crippen molar-refractivity contribution in [3.8, 4) is 23.7 Å². The van der Waals surface area contributed by atoms with E-state index in [9.17, 15) is 4.57 Å². The molecule has 0 radical (unpaired) electrons. The zero-order valence-corrected chi connectivity index (χ0v) is 17.8. The maximum Gasteiger partial charge on any atom is 0.697 e. The Bertz CT molecular complexity index is 518. The standard InChI is InChI=1S/C22H34O3P/c1-7-9-11-13-15-21(3,4)17-19-24-26(23)25-20-18-22(5,6)16-14-12-10-8-2/h7-8H,1-2,9-12,17-20H2,3-6H3/q+1. The van der Waals surface area contributed by atoms with E-state index in [-0.39, 0.29) is 10.8 Å². The lowest BCUT2D eigenvalue weighted by atomic mass is 9.90. The molecule has 26 heavy (non-hydrogen) atoms. The van der Waals surface area contributed by atoms with Crippen LogP contribution in [0.25, 0.3) is 0 Å². The Balaban J connectivity index is 4.04. The molecule has 0 rings (SSSR count). The van der Waals surface area contributed by atoms with Crippen molar-refractivity contribution in [1.82, 2.24) is 0 Å². The summed E-state index contributed by atoms with van der Waals surface area (Å²) in [6.07, 6.45) is 8.57. The Morgan fingerprint density at radius 2 is 1.23 bits per heavy atom. The van der Waals surface area contributed by atoms with Gasteiger partial charge in [0.15, 0.2) is 0 Å². The molecule has 144 valence electrons. The van der Waals surface area contributed by atoms with E-state index in [1.54, 1.807) is 0 Å². The fourth-order valence-corrected chi connectivity index (χ4v) is 2.42. The van der Waals surface area contributed by atoms with E-state index in [4.69, 9.17) is 9.05 Å². The third kappa shape index (κ3) is 14.9. The first-order valence-corrected chi connectivity index (χ1v) is 10.3. The largest absolute Gasteiger partial charge is 0.697 e. The summed E-state index contributed by atoms with van der Waals surface area (Å²) in [6, 6.07) is 0. The van der Waals surface area contributed by atoms with Gasteiger partial charge in [-0.2, -0.15) is 0 Å². The highest BCUT2D eigenvalue weighted by atomic mass is 31.1. The van der Waals surface area contributed by atoms with Gasteiger partial charge in [-0.1, -0.05) is 24.0 Å². The highest BCUT2D eigenvalue weighted by molar-refractivity contribution is 7.33. The van der Waals surface area contributed by atoms with Crippen LogP contribution in [-0.2, 0) is 13.6 Å². The minimum Gasteiger partial charge on any atom is -0.119 e. The van der Waals surface area contributed by atoms with E-state index in [1.807, 2.05) is 12.2 Å². The van der Waals surface area contributed by atoms with Gasteiger partial charge in [-0.05, 0) is 53.4 Å². The Hall–Kier alpha value is -1.38. The zero-order valence-electron chi connectivity index (χ0n) is 16.9. The lowest BCUT2D eigenvalue weighted by Gasteiger charge is -2.15. The molecule has 4 heteroatoms. The van der Waals surface area contributed by atoms with Crippen LogP contribution in [0.4, 0.5) is 0 Å². The fourth-order valence-electron chi connectivity index (χ4n) is 1.86. The Labute approximate surface area is 161 Å². The van der Waals surface area contributed by atoms with Gasteiger partial charge in [0.05, 0.1) is 0 Å². The van der Waals surface area contributed by atoms with Gasteiger partial charge in [-0.15, -0.1) is 34.0 Å². The van der Waals surface area contributed by atoms with Gasteiger partial charge in [0.25, 0.3) is 0 Å². The van der Waals surface area contributed by atoms with Gasteiger partial charge in [0.2, 0.25) is 0 Å². The quantitative estimate of drug-likeness (QED) is 0.170.